The lowest BCUT2D eigenvalue weighted by atomic mass is 10.1. The summed E-state index contributed by atoms with van der Waals surface area (Å²) >= 11 is 6.15. The molecule has 0 saturated carbocycles. The lowest BCUT2D eigenvalue weighted by Gasteiger charge is -2.15. The van der Waals surface area contributed by atoms with E-state index in [0.29, 0.717) is 5.02 Å². The van der Waals surface area contributed by atoms with Gasteiger partial charge in [0.2, 0.25) is 5.91 Å². The molecule has 0 fully saturated rings. The maximum absolute atomic E-state index is 12.0. The molecule has 116 valence electrons. The minimum Gasteiger partial charge on any atom is -0.325 e. The molecule has 0 bridgehead atoms. The third-order valence-electron chi connectivity index (χ3n) is 3.59. The molecule has 22 heavy (non-hydrogen) atoms. The lowest BCUT2D eigenvalue weighted by molar-refractivity contribution is -0.115. The average Bonchev–Trinajstić information content (AvgIpc) is 2.54. The predicted octanol–water partition coefficient (Wildman–Crippen LogP) is 4.19. The Morgan fingerprint density at radius 1 is 1.14 bits per heavy atom. The third kappa shape index (κ3) is 4.58. The highest BCUT2D eigenvalue weighted by atomic mass is 35.5. The van der Waals surface area contributed by atoms with Gasteiger partial charge in [0.25, 0.3) is 0 Å². The number of carbonyl (C=O) groups excluding carboxylic acids is 1. The summed E-state index contributed by atoms with van der Waals surface area (Å²) in [6.07, 6.45) is 0.991. The highest BCUT2D eigenvalue weighted by Crippen LogP contribution is 2.21. The second kappa shape index (κ2) is 7.97. The van der Waals surface area contributed by atoms with E-state index in [-0.39, 0.29) is 18.5 Å². The van der Waals surface area contributed by atoms with Crippen molar-refractivity contribution in [3.63, 3.8) is 0 Å². The quantitative estimate of drug-likeness (QED) is 0.839. The Bertz CT molecular complexity index is 625. The molecule has 0 aliphatic heterocycles. The number of halogens is 1. The molecule has 2 aromatic rings. The SMILES string of the molecule is CCc1ccc(NC(=O)CNC(C)c2ccccc2Cl)cc1. The Hall–Kier alpha value is -1.84. The van der Waals surface area contributed by atoms with Gasteiger partial charge in [-0.1, -0.05) is 48.9 Å². The van der Waals surface area contributed by atoms with Crippen molar-refractivity contribution in [3.05, 3.63) is 64.7 Å². The molecule has 0 aliphatic rings. The van der Waals surface area contributed by atoms with E-state index in [2.05, 4.69) is 17.6 Å². The first-order valence-corrected chi connectivity index (χ1v) is 7.84. The summed E-state index contributed by atoms with van der Waals surface area (Å²) in [7, 11) is 0. The minimum atomic E-state index is -0.0665. The highest BCUT2D eigenvalue weighted by molar-refractivity contribution is 6.31. The van der Waals surface area contributed by atoms with E-state index in [4.69, 9.17) is 11.6 Å². The van der Waals surface area contributed by atoms with Crippen LogP contribution in [0.25, 0.3) is 0 Å². The van der Waals surface area contributed by atoms with Crippen LogP contribution >= 0.6 is 11.6 Å². The van der Waals surface area contributed by atoms with Crippen molar-refractivity contribution in [3.8, 4) is 0 Å². The van der Waals surface area contributed by atoms with Gasteiger partial charge >= 0.3 is 0 Å². The first kappa shape index (κ1) is 16.5. The number of anilines is 1. The fraction of sp³-hybridized carbons (Fsp3) is 0.278. The molecule has 0 saturated heterocycles. The molecule has 0 heterocycles. The van der Waals surface area contributed by atoms with Crippen LogP contribution in [-0.2, 0) is 11.2 Å². The van der Waals surface area contributed by atoms with Gasteiger partial charge in [-0.05, 0) is 42.7 Å². The highest BCUT2D eigenvalue weighted by Gasteiger charge is 2.10. The van der Waals surface area contributed by atoms with Crippen LogP contribution in [0.15, 0.2) is 48.5 Å². The Labute approximate surface area is 136 Å². The van der Waals surface area contributed by atoms with E-state index < -0.39 is 0 Å². The van der Waals surface area contributed by atoms with Crippen molar-refractivity contribution in [1.82, 2.24) is 5.32 Å². The first-order chi connectivity index (χ1) is 10.6. The standard InChI is InChI=1S/C18H21ClN2O/c1-3-14-8-10-15(11-9-14)21-18(22)12-20-13(2)16-6-4-5-7-17(16)19/h4-11,13,20H,3,12H2,1-2H3,(H,21,22). The molecule has 2 rings (SSSR count). The second-order valence-electron chi connectivity index (χ2n) is 5.22. The van der Waals surface area contributed by atoms with Crippen molar-refractivity contribution in [2.45, 2.75) is 26.3 Å². The summed E-state index contributed by atoms with van der Waals surface area (Å²) in [6, 6.07) is 15.6. The normalized spacial score (nSPS) is 12.0. The van der Waals surface area contributed by atoms with Crippen molar-refractivity contribution in [1.29, 1.82) is 0 Å². The average molecular weight is 317 g/mol. The zero-order chi connectivity index (χ0) is 15.9. The van der Waals surface area contributed by atoms with Gasteiger partial charge in [-0.15, -0.1) is 0 Å². The van der Waals surface area contributed by atoms with Crippen molar-refractivity contribution >= 4 is 23.2 Å². The fourth-order valence-electron chi connectivity index (χ4n) is 2.21. The third-order valence-corrected chi connectivity index (χ3v) is 3.93. The summed E-state index contributed by atoms with van der Waals surface area (Å²) in [6.45, 7) is 4.33. The van der Waals surface area contributed by atoms with E-state index >= 15 is 0 Å². The first-order valence-electron chi connectivity index (χ1n) is 7.46. The van der Waals surface area contributed by atoms with E-state index in [1.165, 1.54) is 5.56 Å². The van der Waals surface area contributed by atoms with Gasteiger partial charge < -0.3 is 10.6 Å². The summed E-state index contributed by atoms with van der Waals surface area (Å²) < 4.78 is 0. The van der Waals surface area contributed by atoms with Crippen molar-refractivity contribution < 1.29 is 4.79 Å². The molecule has 0 radical (unpaired) electrons. The molecule has 3 nitrogen and oxygen atoms in total. The maximum Gasteiger partial charge on any atom is 0.238 e. The molecule has 2 aromatic carbocycles. The van der Waals surface area contributed by atoms with Crippen LogP contribution in [0.4, 0.5) is 5.69 Å². The molecule has 0 spiro atoms. The predicted molar refractivity (Wildman–Crippen MR) is 92.3 cm³/mol. The van der Waals surface area contributed by atoms with Gasteiger partial charge in [-0.25, -0.2) is 0 Å². The summed E-state index contributed by atoms with van der Waals surface area (Å²) in [5.41, 5.74) is 3.06. The van der Waals surface area contributed by atoms with Crippen LogP contribution in [0.1, 0.15) is 31.0 Å². The Balaban J connectivity index is 1.85. The van der Waals surface area contributed by atoms with Crippen LogP contribution < -0.4 is 10.6 Å². The molecule has 0 aliphatic carbocycles. The Kier molecular flexibility index (Phi) is 5.99. The monoisotopic (exact) mass is 316 g/mol. The molecular formula is C18H21ClN2O. The van der Waals surface area contributed by atoms with Gasteiger partial charge in [-0.3, -0.25) is 4.79 Å². The molecule has 0 aromatic heterocycles. The van der Waals surface area contributed by atoms with Gasteiger partial charge in [0, 0.05) is 16.8 Å². The largest absolute Gasteiger partial charge is 0.325 e. The zero-order valence-electron chi connectivity index (χ0n) is 12.9. The molecule has 2 N–H and O–H groups in total. The zero-order valence-corrected chi connectivity index (χ0v) is 13.7. The molecule has 1 amide bonds. The van der Waals surface area contributed by atoms with Crippen LogP contribution in [0.5, 0.6) is 0 Å². The van der Waals surface area contributed by atoms with E-state index in [1.54, 1.807) is 0 Å². The van der Waals surface area contributed by atoms with E-state index in [0.717, 1.165) is 17.7 Å². The molecular weight excluding hydrogens is 296 g/mol. The van der Waals surface area contributed by atoms with Gasteiger partial charge in [0.15, 0.2) is 0 Å². The van der Waals surface area contributed by atoms with Crippen LogP contribution in [0.3, 0.4) is 0 Å². The van der Waals surface area contributed by atoms with Crippen LogP contribution in [0.2, 0.25) is 5.02 Å². The fourth-order valence-corrected chi connectivity index (χ4v) is 2.51. The molecule has 4 heteroatoms. The second-order valence-corrected chi connectivity index (χ2v) is 5.63. The molecule has 1 unspecified atom stereocenters. The van der Waals surface area contributed by atoms with Crippen LogP contribution in [-0.4, -0.2) is 12.5 Å². The van der Waals surface area contributed by atoms with Gasteiger partial charge in [-0.2, -0.15) is 0 Å². The molecule has 1 atom stereocenters. The smallest absolute Gasteiger partial charge is 0.238 e. The summed E-state index contributed by atoms with van der Waals surface area (Å²) in [4.78, 5) is 12.0. The van der Waals surface area contributed by atoms with E-state index in [1.807, 2.05) is 55.5 Å². The van der Waals surface area contributed by atoms with Crippen molar-refractivity contribution in [2.75, 3.05) is 11.9 Å². The number of nitrogens with one attached hydrogen (secondary N) is 2. The Morgan fingerprint density at radius 2 is 1.82 bits per heavy atom. The number of aryl methyl sites for hydroxylation is 1. The summed E-state index contributed by atoms with van der Waals surface area (Å²) in [5, 5.41) is 6.77. The van der Waals surface area contributed by atoms with Gasteiger partial charge in [0.1, 0.15) is 0 Å². The van der Waals surface area contributed by atoms with Crippen molar-refractivity contribution in [2.24, 2.45) is 0 Å². The van der Waals surface area contributed by atoms with Crippen LogP contribution in [0, 0.1) is 0 Å². The maximum atomic E-state index is 12.0. The number of carbonyl (C=O) groups is 1. The van der Waals surface area contributed by atoms with Gasteiger partial charge in [0.05, 0.1) is 6.54 Å². The number of rotatable bonds is 6. The lowest BCUT2D eigenvalue weighted by Crippen LogP contribution is -2.30. The number of benzene rings is 2. The van der Waals surface area contributed by atoms with E-state index in [9.17, 15) is 4.79 Å². The Morgan fingerprint density at radius 3 is 2.45 bits per heavy atom. The summed E-state index contributed by atoms with van der Waals surface area (Å²) in [5.74, 6) is -0.0665. The number of hydrogen-bond acceptors (Lipinski definition) is 2. The number of hydrogen-bond donors (Lipinski definition) is 2. The number of amides is 1. The topological polar surface area (TPSA) is 41.1 Å². The minimum absolute atomic E-state index is 0.0157.